The third-order valence-corrected chi connectivity index (χ3v) is 2.41. The van der Waals surface area contributed by atoms with Crippen LogP contribution in [0.25, 0.3) is 11.4 Å². The number of aromatic nitrogens is 3. The Balaban J connectivity index is 2.54. The topological polar surface area (TPSA) is 38.7 Å². The van der Waals surface area contributed by atoms with E-state index in [1.165, 1.54) is 6.33 Å². The predicted octanol–water partition coefficient (Wildman–Crippen LogP) is 3.15. The van der Waals surface area contributed by atoms with E-state index >= 15 is 0 Å². The number of aryl methyl sites for hydroxylation is 1. The molecule has 0 bridgehead atoms. The minimum Gasteiger partial charge on any atom is -0.222 e. The first-order valence-corrected chi connectivity index (χ1v) is 5.03. The molecule has 0 radical (unpaired) electrons. The van der Waals surface area contributed by atoms with Crippen molar-refractivity contribution in [1.82, 2.24) is 15.0 Å². The number of benzene rings is 1. The van der Waals surface area contributed by atoms with Crippen LogP contribution in [0.15, 0.2) is 24.5 Å². The van der Waals surface area contributed by atoms with E-state index in [2.05, 4.69) is 15.0 Å². The molecule has 0 unspecified atom stereocenters. The van der Waals surface area contributed by atoms with Crippen molar-refractivity contribution in [2.24, 2.45) is 0 Å². The zero-order chi connectivity index (χ0) is 10.8. The van der Waals surface area contributed by atoms with Gasteiger partial charge in [0.15, 0.2) is 5.82 Å². The van der Waals surface area contributed by atoms with E-state index in [0.29, 0.717) is 21.7 Å². The fourth-order valence-corrected chi connectivity index (χ4v) is 1.67. The van der Waals surface area contributed by atoms with Gasteiger partial charge in [0.05, 0.1) is 5.02 Å². The van der Waals surface area contributed by atoms with E-state index in [-0.39, 0.29) is 0 Å². The Kier molecular flexibility index (Phi) is 2.84. The van der Waals surface area contributed by atoms with Crippen LogP contribution >= 0.6 is 23.2 Å². The molecular formula is C10H7Cl2N3. The van der Waals surface area contributed by atoms with Crippen LogP contribution in [0.1, 0.15) is 5.82 Å². The summed E-state index contributed by atoms with van der Waals surface area (Å²) in [4.78, 5) is 12.2. The van der Waals surface area contributed by atoms with Gasteiger partial charge in [0.25, 0.3) is 0 Å². The van der Waals surface area contributed by atoms with Gasteiger partial charge in [-0.2, -0.15) is 0 Å². The first-order chi connectivity index (χ1) is 7.16. The maximum atomic E-state index is 6.03. The molecule has 0 saturated carbocycles. The molecule has 0 atom stereocenters. The minimum atomic E-state index is 0.535. The average Bonchev–Trinajstić information content (AvgIpc) is 2.17. The molecule has 0 amide bonds. The van der Waals surface area contributed by atoms with Crippen LogP contribution in [-0.4, -0.2) is 15.0 Å². The Hall–Kier alpha value is -1.19. The maximum Gasteiger partial charge on any atom is 0.164 e. The van der Waals surface area contributed by atoms with Crippen LogP contribution in [0.4, 0.5) is 0 Å². The van der Waals surface area contributed by atoms with Gasteiger partial charge in [-0.3, -0.25) is 0 Å². The van der Waals surface area contributed by atoms with Crippen molar-refractivity contribution in [1.29, 1.82) is 0 Å². The normalized spacial score (nSPS) is 10.3. The van der Waals surface area contributed by atoms with Crippen molar-refractivity contribution in [2.45, 2.75) is 6.92 Å². The molecule has 2 aromatic rings. The highest BCUT2D eigenvalue weighted by atomic mass is 35.5. The van der Waals surface area contributed by atoms with Crippen LogP contribution in [0, 0.1) is 6.92 Å². The summed E-state index contributed by atoms with van der Waals surface area (Å²) in [5.74, 6) is 1.22. The molecule has 0 spiro atoms. The van der Waals surface area contributed by atoms with Crippen molar-refractivity contribution in [3.8, 4) is 11.4 Å². The summed E-state index contributed by atoms with van der Waals surface area (Å²) in [5.41, 5.74) is 0.756. The summed E-state index contributed by atoms with van der Waals surface area (Å²) >= 11 is 11.8. The third-order valence-electron chi connectivity index (χ3n) is 1.86. The van der Waals surface area contributed by atoms with E-state index in [1.807, 2.05) is 0 Å². The van der Waals surface area contributed by atoms with Crippen molar-refractivity contribution < 1.29 is 0 Å². The summed E-state index contributed by atoms with van der Waals surface area (Å²) in [5, 5.41) is 1.13. The zero-order valence-corrected chi connectivity index (χ0v) is 9.42. The first kappa shape index (κ1) is 10.3. The quantitative estimate of drug-likeness (QED) is 0.768. The molecule has 1 heterocycles. The lowest BCUT2D eigenvalue weighted by atomic mass is 10.2. The lowest BCUT2D eigenvalue weighted by molar-refractivity contribution is 0.983. The van der Waals surface area contributed by atoms with E-state index < -0.39 is 0 Å². The van der Waals surface area contributed by atoms with Gasteiger partial charge in [0.2, 0.25) is 0 Å². The standard InChI is InChI=1S/C10H7Cl2N3/c1-6-13-5-14-10(15-6)8-3-2-7(11)4-9(8)12/h2-5H,1H3. The molecule has 0 saturated heterocycles. The van der Waals surface area contributed by atoms with Crippen molar-refractivity contribution in [2.75, 3.05) is 0 Å². The van der Waals surface area contributed by atoms with Crippen LogP contribution in [0.5, 0.6) is 0 Å². The van der Waals surface area contributed by atoms with Gasteiger partial charge in [-0.1, -0.05) is 23.2 Å². The SMILES string of the molecule is Cc1ncnc(-c2ccc(Cl)cc2Cl)n1. The lowest BCUT2D eigenvalue weighted by Gasteiger charge is -2.03. The molecule has 3 nitrogen and oxygen atoms in total. The van der Waals surface area contributed by atoms with Crippen LogP contribution < -0.4 is 0 Å². The highest BCUT2D eigenvalue weighted by Gasteiger charge is 2.06. The van der Waals surface area contributed by atoms with Crippen molar-refractivity contribution >= 4 is 23.2 Å². The van der Waals surface area contributed by atoms with Gasteiger partial charge in [0.1, 0.15) is 12.2 Å². The molecular weight excluding hydrogens is 233 g/mol. The number of nitrogens with zero attached hydrogens (tertiary/aromatic N) is 3. The molecule has 2 rings (SSSR count). The highest BCUT2D eigenvalue weighted by Crippen LogP contribution is 2.27. The zero-order valence-electron chi connectivity index (χ0n) is 7.91. The van der Waals surface area contributed by atoms with Gasteiger partial charge in [0, 0.05) is 10.6 Å². The minimum absolute atomic E-state index is 0.535. The first-order valence-electron chi connectivity index (χ1n) is 4.28. The Morgan fingerprint density at radius 1 is 1.13 bits per heavy atom. The second-order valence-electron chi connectivity index (χ2n) is 2.98. The molecule has 0 aliphatic heterocycles. The summed E-state index contributed by atoms with van der Waals surface area (Å²) in [7, 11) is 0. The summed E-state index contributed by atoms with van der Waals surface area (Å²) < 4.78 is 0. The fraction of sp³-hybridized carbons (Fsp3) is 0.100. The number of halogens is 2. The van der Waals surface area contributed by atoms with E-state index in [0.717, 1.165) is 5.56 Å². The lowest BCUT2D eigenvalue weighted by Crippen LogP contribution is -1.94. The Morgan fingerprint density at radius 2 is 1.93 bits per heavy atom. The number of hydrogen-bond donors (Lipinski definition) is 0. The molecule has 1 aromatic heterocycles. The molecule has 0 aliphatic carbocycles. The second kappa shape index (κ2) is 4.13. The van der Waals surface area contributed by atoms with Crippen molar-refractivity contribution in [3.63, 3.8) is 0 Å². The van der Waals surface area contributed by atoms with E-state index in [4.69, 9.17) is 23.2 Å². The third kappa shape index (κ3) is 2.25. The van der Waals surface area contributed by atoms with Gasteiger partial charge in [-0.15, -0.1) is 0 Å². The molecule has 5 heteroatoms. The van der Waals surface area contributed by atoms with Crippen LogP contribution in [0.3, 0.4) is 0 Å². The molecule has 0 aliphatic rings. The maximum absolute atomic E-state index is 6.03. The second-order valence-corrected chi connectivity index (χ2v) is 3.82. The van der Waals surface area contributed by atoms with Gasteiger partial charge < -0.3 is 0 Å². The summed E-state index contributed by atoms with van der Waals surface area (Å²) in [6.07, 6.45) is 1.46. The van der Waals surface area contributed by atoms with Crippen LogP contribution in [-0.2, 0) is 0 Å². The van der Waals surface area contributed by atoms with E-state index in [9.17, 15) is 0 Å². The summed E-state index contributed by atoms with van der Waals surface area (Å²) in [6, 6.07) is 5.21. The molecule has 0 N–H and O–H groups in total. The molecule has 1 aromatic carbocycles. The monoisotopic (exact) mass is 239 g/mol. The summed E-state index contributed by atoms with van der Waals surface area (Å²) in [6.45, 7) is 1.80. The molecule has 76 valence electrons. The highest BCUT2D eigenvalue weighted by molar-refractivity contribution is 6.36. The fourth-order valence-electron chi connectivity index (χ4n) is 1.18. The smallest absolute Gasteiger partial charge is 0.164 e. The molecule has 0 fully saturated rings. The largest absolute Gasteiger partial charge is 0.222 e. The van der Waals surface area contributed by atoms with Crippen molar-refractivity contribution in [3.05, 3.63) is 40.4 Å². The predicted molar refractivity (Wildman–Crippen MR) is 60.0 cm³/mol. The number of rotatable bonds is 1. The Morgan fingerprint density at radius 3 is 2.60 bits per heavy atom. The number of hydrogen-bond acceptors (Lipinski definition) is 3. The Labute approximate surface area is 97.1 Å². The average molecular weight is 240 g/mol. The Bertz CT molecular complexity index is 500. The van der Waals surface area contributed by atoms with E-state index in [1.54, 1.807) is 25.1 Å². The molecule has 15 heavy (non-hydrogen) atoms. The van der Waals surface area contributed by atoms with Crippen LogP contribution in [0.2, 0.25) is 10.0 Å². The van der Waals surface area contributed by atoms with Gasteiger partial charge >= 0.3 is 0 Å². The van der Waals surface area contributed by atoms with Gasteiger partial charge in [-0.05, 0) is 25.1 Å². The van der Waals surface area contributed by atoms with Gasteiger partial charge in [-0.25, -0.2) is 15.0 Å².